The van der Waals surface area contributed by atoms with Gasteiger partial charge in [-0.3, -0.25) is 18.8 Å². The Morgan fingerprint density at radius 3 is 2.60 bits per heavy atom. The zero-order valence-electron chi connectivity index (χ0n) is 19.2. The normalized spacial score (nSPS) is 20.5. The fourth-order valence-electron chi connectivity index (χ4n) is 4.51. The minimum Gasteiger partial charge on any atom is -0.369 e. The van der Waals surface area contributed by atoms with Gasteiger partial charge in [0.1, 0.15) is 23.1 Å². The van der Waals surface area contributed by atoms with Crippen molar-refractivity contribution in [2.75, 3.05) is 29.5 Å². The number of carbonyl (C=O) groups is 2. The largest absolute Gasteiger partial charge is 0.369 e. The molecule has 2 fully saturated rings. The maximum Gasteiger partial charge on any atom is 0.267 e. The summed E-state index contributed by atoms with van der Waals surface area (Å²) in [4.78, 5) is 44.4. The molecule has 11 nitrogen and oxygen atoms in total. The molecule has 2 aromatic heterocycles. The first-order chi connectivity index (χ1) is 16.6. The molecule has 35 heavy (non-hydrogen) atoms. The van der Waals surface area contributed by atoms with Gasteiger partial charge in [0.25, 0.3) is 11.5 Å². The molecule has 1 unspecified atom stereocenters. The van der Waals surface area contributed by atoms with Crippen LogP contribution in [0.2, 0.25) is 0 Å². The molecule has 4 rings (SSSR count). The van der Waals surface area contributed by atoms with Gasteiger partial charge in [-0.1, -0.05) is 6.07 Å². The van der Waals surface area contributed by atoms with Crippen LogP contribution in [0, 0.1) is 24.2 Å². The third kappa shape index (κ3) is 5.05. The number of aryl methyl sites for hydroxylation is 1. The molecule has 12 heteroatoms. The molecule has 2 aliphatic heterocycles. The molecule has 2 amide bonds. The second-order valence-corrected chi connectivity index (χ2v) is 11.2. The highest BCUT2D eigenvalue weighted by Crippen LogP contribution is 2.26. The summed E-state index contributed by atoms with van der Waals surface area (Å²) in [5.74, 6) is -1.28. The van der Waals surface area contributed by atoms with Crippen molar-refractivity contribution in [1.29, 1.82) is 5.26 Å². The van der Waals surface area contributed by atoms with Crippen molar-refractivity contribution < 1.29 is 18.0 Å². The lowest BCUT2D eigenvalue weighted by atomic mass is 9.96. The zero-order chi connectivity index (χ0) is 25.3. The quantitative estimate of drug-likeness (QED) is 0.426. The van der Waals surface area contributed by atoms with Crippen molar-refractivity contribution >= 4 is 39.2 Å². The molecule has 0 saturated carbocycles. The average molecular weight is 499 g/mol. The van der Waals surface area contributed by atoms with E-state index in [1.165, 1.54) is 10.5 Å². The van der Waals surface area contributed by atoms with E-state index in [9.17, 15) is 28.1 Å². The van der Waals surface area contributed by atoms with Crippen molar-refractivity contribution in [2.45, 2.75) is 32.2 Å². The van der Waals surface area contributed by atoms with Crippen LogP contribution in [0.3, 0.4) is 0 Å². The van der Waals surface area contributed by atoms with Crippen LogP contribution in [0.25, 0.3) is 11.7 Å². The third-order valence-corrected chi connectivity index (χ3v) is 8.25. The number of anilines is 1. The second kappa shape index (κ2) is 9.50. The van der Waals surface area contributed by atoms with Crippen molar-refractivity contribution in [3.05, 3.63) is 45.4 Å². The van der Waals surface area contributed by atoms with Crippen LogP contribution in [-0.4, -0.2) is 60.3 Å². The van der Waals surface area contributed by atoms with E-state index < -0.39 is 27.3 Å². The number of amides is 2. The number of sulfone groups is 1. The number of nitrogens with zero attached hydrogens (tertiary/aromatic N) is 4. The lowest BCUT2D eigenvalue weighted by Gasteiger charge is -2.32. The maximum atomic E-state index is 13.5. The maximum absolute atomic E-state index is 13.5. The Hall–Kier alpha value is -3.72. The van der Waals surface area contributed by atoms with Gasteiger partial charge in [0.15, 0.2) is 9.84 Å². The molecule has 4 heterocycles. The molecule has 0 radical (unpaired) electrons. The van der Waals surface area contributed by atoms with Crippen LogP contribution >= 0.6 is 0 Å². The van der Waals surface area contributed by atoms with Crippen LogP contribution in [0.1, 0.15) is 30.4 Å². The first kappa shape index (κ1) is 24.4. The second-order valence-electron chi connectivity index (χ2n) is 8.95. The lowest BCUT2D eigenvalue weighted by molar-refractivity contribution is -0.122. The van der Waals surface area contributed by atoms with E-state index in [4.69, 9.17) is 10.7 Å². The van der Waals surface area contributed by atoms with Gasteiger partial charge >= 0.3 is 0 Å². The zero-order valence-corrected chi connectivity index (χ0v) is 20.0. The van der Waals surface area contributed by atoms with Gasteiger partial charge in [-0.05, 0) is 43.9 Å². The summed E-state index contributed by atoms with van der Waals surface area (Å²) in [6.45, 7) is 2.68. The molecule has 3 N–H and O–H groups in total. The van der Waals surface area contributed by atoms with Crippen LogP contribution < -0.4 is 21.5 Å². The van der Waals surface area contributed by atoms with Crippen LogP contribution in [0.15, 0.2) is 28.7 Å². The molecule has 1 atom stereocenters. The Bertz CT molecular complexity index is 1430. The summed E-state index contributed by atoms with van der Waals surface area (Å²) in [6, 6.07) is 4.77. The van der Waals surface area contributed by atoms with Gasteiger partial charge in [-0.2, -0.15) is 5.26 Å². The van der Waals surface area contributed by atoms with E-state index in [1.54, 1.807) is 12.3 Å². The Balaban J connectivity index is 1.75. The fourth-order valence-corrected chi connectivity index (χ4v) is 6.18. The molecule has 2 aromatic rings. The van der Waals surface area contributed by atoms with Gasteiger partial charge in [-0.15, -0.1) is 0 Å². The van der Waals surface area contributed by atoms with Gasteiger partial charge in [0, 0.05) is 31.2 Å². The predicted molar refractivity (Wildman–Crippen MR) is 129 cm³/mol. The number of carbonyl (C=O) groups excluding carboxylic acids is 2. The fraction of sp³-hybridized carbons (Fsp3) is 0.435. The molecule has 2 saturated heterocycles. The van der Waals surface area contributed by atoms with Crippen molar-refractivity contribution in [1.82, 2.24) is 14.7 Å². The number of fused-ring (bicyclic) bond motifs is 1. The molecule has 184 valence electrons. The number of piperidine rings is 1. The van der Waals surface area contributed by atoms with E-state index in [1.807, 2.05) is 24.0 Å². The molecular weight excluding hydrogens is 472 g/mol. The molecular formula is C23H26N6O5S. The average Bonchev–Trinajstić information content (AvgIpc) is 3.16. The lowest BCUT2D eigenvalue weighted by Crippen LogP contribution is -2.40. The number of rotatable bonds is 5. The highest BCUT2D eigenvalue weighted by Gasteiger charge is 2.30. The summed E-state index contributed by atoms with van der Waals surface area (Å²) in [6.07, 6.45) is 4.03. The highest BCUT2D eigenvalue weighted by atomic mass is 32.2. The summed E-state index contributed by atoms with van der Waals surface area (Å²) in [5.41, 5.74) is 5.96. The van der Waals surface area contributed by atoms with E-state index >= 15 is 0 Å². The van der Waals surface area contributed by atoms with E-state index in [0.29, 0.717) is 37.4 Å². The summed E-state index contributed by atoms with van der Waals surface area (Å²) in [5, 5.41) is 12.3. The van der Waals surface area contributed by atoms with Crippen LogP contribution in [0.5, 0.6) is 0 Å². The topological polar surface area (TPSA) is 168 Å². The van der Waals surface area contributed by atoms with Gasteiger partial charge in [-0.25, -0.2) is 13.4 Å². The van der Waals surface area contributed by atoms with Crippen molar-refractivity contribution in [2.24, 2.45) is 11.7 Å². The molecule has 2 aliphatic rings. The number of aromatic nitrogens is 2. The number of pyridine rings is 1. The summed E-state index contributed by atoms with van der Waals surface area (Å²) >= 11 is 0. The van der Waals surface area contributed by atoms with Crippen LogP contribution in [0.4, 0.5) is 5.82 Å². The Labute approximate surface area is 202 Å². The van der Waals surface area contributed by atoms with Gasteiger partial charge < -0.3 is 16.0 Å². The SMILES string of the molecule is Cc1cccn2c(=O)c(C=C(C#N)C(=O)NC3CCS(=O)(=O)C3)c(N3CCC(C(N)=O)CC3)nc12. The first-order valence-electron chi connectivity index (χ1n) is 11.3. The van der Waals surface area contributed by atoms with E-state index in [2.05, 4.69) is 5.32 Å². The molecule has 0 spiro atoms. The third-order valence-electron chi connectivity index (χ3n) is 6.48. The van der Waals surface area contributed by atoms with Crippen LogP contribution in [-0.2, 0) is 19.4 Å². The highest BCUT2D eigenvalue weighted by molar-refractivity contribution is 7.91. The molecule has 0 aromatic carbocycles. The van der Waals surface area contributed by atoms with Gasteiger partial charge in [0.2, 0.25) is 5.91 Å². The minimum absolute atomic E-state index is 0.0236. The summed E-state index contributed by atoms with van der Waals surface area (Å²) < 4.78 is 24.8. The standard InChI is InChI=1S/C23H26N6O5S/c1-14-3-2-7-29-20(14)27-21(28-8-4-15(5-9-28)19(25)30)18(23(29)32)11-16(12-24)22(31)26-17-6-10-35(33,34)13-17/h2-3,7,11,15,17H,4-6,8-10,13H2,1H3,(H2,25,30)(H,26,31). The Morgan fingerprint density at radius 2 is 2.00 bits per heavy atom. The number of hydrogen-bond acceptors (Lipinski definition) is 8. The van der Waals surface area contributed by atoms with Crippen molar-refractivity contribution in [3.8, 4) is 6.07 Å². The number of primary amides is 1. The Kier molecular flexibility index (Phi) is 6.62. The predicted octanol–water partition coefficient (Wildman–Crippen LogP) is -0.0851. The molecule has 0 bridgehead atoms. The number of nitrogens with one attached hydrogen (secondary N) is 1. The minimum atomic E-state index is -3.22. The number of nitrogens with two attached hydrogens (primary N) is 1. The van der Waals surface area contributed by atoms with Gasteiger partial charge in [0.05, 0.1) is 17.1 Å². The van der Waals surface area contributed by atoms with E-state index in [0.717, 1.165) is 5.56 Å². The first-order valence-corrected chi connectivity index (χ1v) is 13.1. The molecule has 0 aliphatic carbocycles. The Morgan fingerprint density at radius 1 is 1.29 bits per heavy atom. The van der Waals surface area contributed by atoms with Crippen molar-refractivity contribution in [3.63, 3.8) is 0 Å². The number of hydrogen-bond donors (Lipinski definition) is 2. The summed E-state index contributed by atoms with van der Waals surface area (Å²) in [7, 11) is -3.22. The smallest absolute Gasteiger partial charge is 0.267 e. The monoisotopic (exact) mass is 498 g/mol. The number of nitriles is 1. The van der Waals surface area contributed by atoms with E-state index in [-0.39, 0.29) is 40.9 Å².